The van der Waals surface area contributed by atoms with Gasteiger partial charge < -0.3 is 29.9 Å². The monoisotopic (exact) mass is 454 g/mol. The number of aromatic hydroxyl groups is 5. The molecule has 0 spiro atoms. The number of hydrogen-bond acceptors (Lipinski definition) is 6. The SMILES string of the molecule is Oc1ccc(CCc2cc(O)cc3oc(-c4ccc(O)cc4)c(-c4cc(O)cc(O)c4)c23)cc1. The molecule has 0 aliphatic heterocycles. The van der Waals surface area contributed by atoms with Crippen LogP contribution in [0.3, 0.4) is 0 Å². The molecular weight excluding hydrogens is 432 g/mol. The van der Waals surface area contributed by atoms with Gasteiger partial charge >= 0.3 is 0 Å². The van der Waals surface area contributed by atoms with E-state index >= 15 is 0 Å². The molecule has 5 rings (SSSR count). The first kappa shape index (κ1) is 21.3. The summed E-state index contributed by atoms with van der Waals surface area (Å²) in [5, 5.41) is 50.8. The van der Waals surface area contributed by atoms with E-state index in [1.54, 1.807) is 54.6 Å². The Morgan fingerprint density at radius 3 is 1.76 bits per heavy atom. The molecule has 0 aliphatic carbocycles. The van der Waals surface area contributed by atoms with Crippen LogP contribution in [0, 0.1) is 0 Å². The molecule has 6 heteroatoms. The van der Waals surface area contributed by atoms with Crippen LogP contribution < -0.4 is 0 Å². The van der Waals surface area contributed by atoms with Crippen LogP contribution in [-0.2, 0) is 12.8 Å². The van der Waals surface area contributed by atoms with Crippen molar-refractivity contribution in [3.8, 4) is 51.2 Å². The molecule has 0 saturated carbocycles. The van der Waals surface area contributed by atoms with Gasteiger partial charge in [-0.15, -0.1) is 0 Å². The molecule has 4 aromatic carbocycles. The summed E-state index contributed by atoms with van der Waals surface area (Å²) in [5.74, 6) is 0.670. The lowest BCUT2D eigenvalue weighted by Crippen LogP contribution is -1.93. The minimum absolute atomic E-state index is 0.0597. The predicted octanol–water partition coefficient (Wildman–Crippen LogP) is 6.08. The van der Waals surface area contributed by atoms with Gasteiger partial charge in [0.1, 0.15) is 40.1 Å². The van der Waals surface area contributed by atoms with Crippen LogP contribution in [0.4, 0.5) is 0 Å². The Bertz CT molecular complexity index is 1460. The van der Waals surface area contributed by atoms with Crippen molar-refractivity contribution in [2.45, 2.75) is 12.8 Å². The van der Waals surface area contributed by atoms with Gasteiger partial charge in [-0.05, 0) is 84.1 Å². The zero-order chi connectivity index (χ0) is 23.8. The van der Waals surface area contributed by atoms with E-state index in [0.717, 1.165) is 16.5 Å². The molecule has 0 bridgehead atoms. The Morgan fingerprint density at radius 1 is 0.529 bits per heavy atom. The van der Waals surface area contributed by atoms with Crippen molar-refractivity contribution in [1.29, 1.82) is 0 Å². The molecule has 0 fully saturated rings. The maximum Gasteiger partial charge on any atom is 0.143 e. The number of rotatable bonds is 5. The van der Waals surface area contributed by atoms with Crippen molar-refractivity contribution in [2.24, 2.45) is 0 Å². The van der Waals surface area contributed by atoms with Crippen molar-refractivity contribution in [3.63, 3.8) is 0 Å². The minimum Gasteiger partial charge on any atom is -0.508 e. The third kappa shape index (κ3) is 4.09. The molecule has 5 N–H and O–H groups in total. The van der Waals surface area contributed by atoms with E-state index in [9.17, 15) is 25.5 Å². The highest BCUT2D eigenvalue weighted by molar-refractivity contribution is 6.04. The van der Waals surface area contributed by atoms with Gasteiger partial charge in [-0.2, -0.15) is 0 Å². The molecule has 0 unspecified atom stereocenters. The first-order valence-corrected chi connectivity index (χ1v) is 10.8. The highest BCUT2D eigenvalue weighted by Crippen LogP contribution is 2.45. The number of phenolic OH excluding ortho intramolecular Hbond substituents is 5. The van der Waals surface area contributed by atoms with Gasteiger partial charge in [0.15, 0.2) is 0 Å². The summed E-state index contributed by atoms with van der Waals surface area (Å²) in [4.78, 5) is 0. The molecule has 0 saturated heterocycles. The van der Waals surface area contributed by atoms with Crippen LogP contribution in [0.25, 0.3) is 33.4 Å². The number of phenols is 5. The van der Waals surface area contributed by atoms with Crippen LogP contribution in [-0.4, -0.2) is 25.5 Å². The molecule has 34 heavy (non-hydrogen) atoms. The maximum absolute atomic E-state index is 10.4. The zero-order valence-corrected chi connectivity index (χ0v) is 18.1. The lowest BCUT2D eigenvalue weighted by molar-refractivity contribution is 0.451. The summed E-state index contributed by atoms with van der Waals surface area (Å²) >= 11 is 0. The van der Waals surface area contributed by atoms with E-state index in [0.29, 0.717) is 40.9 Å². The molecule has 1 heterocycles. The summed E-state index contributed by atoms with van der Waals surface area (Å²) in [6, 6.07) is 21.1. The average Bonchev–Trinajstić information content (AvgIpc) is 3.17. The zero-order valence-electron chi connectivity index (χ0n) is 18.1. The van der Waals surface area contributed by atoms with Crippen molar-refractivity contribution >= 4 is 11.0 Å². The molecule has 170 valence electrons. The highest BCUT2D eigenvalue weighted by Gasteiger charge is 2.22. The predicted molar refractivity (Wildman–Crippen MR) is 129 cm³/mol. The first-order valence-electron chi connectivity index (χ1n) is 10.8. The Balaban J connectivity index is 1.72. The largest absolute Gasteiger partial charge is 0.508 e. The van der Waals surface area contributed by atoms with Crippen molar-refractivity contribution < 1.29 is 29.9 Å². The quantitative estimate of drug-likeness (QED) is 0.220. The molecule has 0 aliphatic rings. The third-order valence-electron chi connectivity index (χ3n) is 5.80. The number of fused-ring (bicyclic) bond motifs is 1. The average molecular weight is 454 g/mol. The summed E-state index contributed by atoms with van der Waals surface area (Å²) < 4.78 is 6.21. The van der Waals surface area contributed by atoms with Gasteiger partial charge in [0.2, 0.25) is 0 Å². The molecule has 1 aromatic heterocycles. The third-order valence-corrected chi connectivity index (χ3v) is 5.80. The van der Waals surface area contributed by atoms with Crippen molar-refractivity contribution in [3.05, 3.63) is 90.0 Å². The van der Waals surface area contributed by atoms with E-state index < -0.39 is 0 Å². The second-order valence-corrected chi connectivity index (χ2v) is 8.24. The normalized spacial score (nSPS) is 11.2. The molecule has 0 amide bonds. The topological polar surface area (TPSA) is 114 Å². The number of aryl methyl sites for hydroxylation is 2. The molecule has 0 atom stereocenters. The molecule has 6 nitrogen and oxygen atoms in total. The van der Waals surface area contributed by atoms with Gasteiger partial charge in [0.25, 0.3) is 0 Å². The lowest BCUT2D eigenvalue weighted by Gasteiger charge is -2.10. The van der Waals surface area contributed by atoms with E-state index in [1.165, 1.54) is 12.1 Å². The Morgan fingerprint density at radius 2 is 1.12 bits per heavy atom. The summed E-state index contributed by atoms with van der Waals surface area (Å²) in [7, 11) is 0. The van der Waals surface area contributed by atoms with E-state index in [1.807, 2.05) is 12.1 Å². The summed E-state index contributed by atoms with van der Waals surface area (Å²) in [6.07, 6.45) is 1.23. The van der Waals surface area contributed by atoms with Gasteiger partial charge in [0.05, 0.1) is 0 Å². The Hall–Kier alpha value is -4.58. The van der Waals surface area contributed by atoms with Crippen LogP contribution in [0.5, 0.6) is 28.7 Å². The second kappa shape index (κ2) is 8.41. The summed E-state index contributed by atoms with van der Waals surface area (Å²) in [6.45, 7) is 0. The van der Waals surface area contributed by atoms with Gasteiger partial charge in [-0.1, -0.05) is 12.1 Å². The highest BCUT2D eigenvalue weighted by atomic mass is 16.3. The van der Waals surface area contributed by atoms with Crippen LogP contribution in [0.2, 0.25) is 0 Å². The fourth-order valence-corrected chi connectivity index (χ4v) is 4.27. The minimum atomic E-state index is -0.0922. The summed E-state index contributed by atoms with van der Waals surface area (Å²) in [5.41, 5.74) is 4.21. The van der Waals surface area contributed by atoms with E-state index in [2.05, 4.69) is 0 Å². The van der Waals surface area contributed by atoms with Gasteiger partial charge in [-0.3, -0.25) is 0 Å². The van der Waals surface area contributed by atoms with Gasteiger partial charge in [-0.25, -0.2) is 0 Å². The van der Waals surface area contributed by atoms with E-state index in [4.69, 9.17) is 4.42 Å². The van der Waals surface area contributed by atoms with E-state index in [-0.39, 0.29) is 28.7 Å². The Labute approximate surface area is 195 Å². The van der Waals surface area contributed by atoms with Crippen LogP contribution >= 0.6 is 0 Å². The molecular formula is C28H22O6. The fourth-order valence-electron chi connectivity index (χ4n) is 4.27. The molecule has 0 radical (unpaired) electrons. The standard InChI is InChI=1S/C28H22O6/c29-20-7-2-16(3-8-20)1-4-18-11-24(33)15-25-26(18)27(19-12-22(31)14-23(32)13-19)28(34-25)17-5-9-21(30)10-6-17/h2-3,5-15,29-33H,1,4H2. The lowest BCUT2D eigenvalue weighted by atomic mass is 9.93. The fraction of sp³-hybridized carbons (Fsp3) is 0.0714. The Kier molecular flexibility index (Phi) is 5.26. The first-order chi connectivity index (χ1) is 16.4. The molecule has 5 aromatic rings. The van der Waals surface area contributed by atoms with Crippen molar-refractivity contribution in [1.82, 2.24) is 0 Å². The van der Waals surface area contributed by atoms with Crippen LogP contribution in [0.1, 0.15) is 11.1 Å². The number of hydrogen-bond donors (Lipinski definition) is 5. The van der Waals surface area contributed by atoms with Crippen LogP contribution in [0.15, 0.2) is 83.3 Å². The second-order valence-electron chi connectivity index (χ2n) is 8.24. The maximum atomic E-state index is 10.4. The smallest absolute Gasteiger partial charge is 0.143 e. The van der Waals surface area contributed by atoms with Gasteiger partial charge in [0, 0.05) is 28.6 Å². The number of benzene rings is 4. The van der Waals surface area contributed by atoms with Crippen molar-refractivity contribution in [2.75, 3.05) is 0 Å². The number of furan rings is 1.